The van der Waals surface area contributed by atoms with Gasteiger partial charge in [0.1, 0.15) is 11.5 Å². The summed E-state index contributed by atoms with van der Waals surface area (Å²) in [5.74, 6) is -2.16. The van der Waals surface area contributed by atoms with Crippen LogP contribution in [0.4, 0.5) is 13.2 Å². The van der Waals surface area contributed by atoms with Crippen molar-refractivity contribution in [3.63, 3.8) is 0 Å². The van der Waals surface area contributed by atoms with E-state index in [2.05, 4.69) is 5.10 Å². The van der Waals surface area contributed by atoms with Crippen LogP contribution < -0.4 is 5.43 Å². The first kappa shape index (κ1) is 17.6. The average Bonchev–Trinajstić information content (AvgIpc) is 2.49. The number of phenolic OH excluding ortho intramolecular Hbond substituents is 2. The number of phenols is 2. The van der Waals surface area contributed by atoms with Gasteiger partial charge in [-0.15, -0.1) is 0 Å². The largest absolute Gasteiger partial charge is 0.507 e. The fraction of sp³-hybridized carbons (Fsp3) is 0.0667. The third-order valence-electron chi connectivity index (χ3n) is 2.90. The SMILES string of the molecule is O=C(N/N=C(\c1cc(Cl)ccc1O)C(F)(F)F)c1ccccc1O. The van der Waals surface area contributed by atoms with Crippen LogP contribution in [0.15, 0.2) is 47.6 Å². The van der Waals surface area contributed by atoms with Gasteiger partial charge in [0.05, 0.1) is 11.1 Å². The van der Waals surface area contributed by atoms with Crippen LogP contribution in [0.25, 0.3) is 0 Å². The normalized spacial score (nSPS) is 12.1. The predicted octanol–water partition coefficient (Wildman–Crippen LogP) is 3.45. The lowest BCUT2D eigenvalue weighted by Crippen LogP contribution is -2.29. The smallest absolute Gasteiger partial charge is 0.435 e. The summed E-state index contributed by atoms with van der Waals surface area (Å²) in [7, 11) is 0. The summed E-state index contributed by atoms with van der Waals surface area (Å²) >= 11 is 5.64. The zero-order chi connectivity index (χ0) is 17.9. The van der Waals surface area contributed by atoms with E-state index in [-0.39, 0.29) is 10.6 Å². The Bertz CT molecular complexity index is 807. The fourth-order valence-electron chi connectivity index (χ4n) is 1.81. The number of nitrogens with one attached hydrogen (secondary N) is 1. The Morgan fingerprint density at radius 2 is 1.67 bits per heavy atom. The molecule has 3 N–H and O–H groups in total. The number of hydrazone groups is 1. The number of aromatic hydroxyl groups is 2. The number of amides is 1. The van der Waals surface area contributed by atoms with Crippen molar-refractivity contribution < 1.29 is 28.2 Å². The summed E-state index contributed by atoms with van der Waals surface area (Å²) in [6.45, 7) is 0. The summed E-state index contributed by atoms with van der Waals surface area (Å²) in [6.07, 6.45) is -4.96. The lowest BCUT2D eigenvalue weighted by atomic mass is 10.1. The summed E-state index contributed by atoms with van der Waals surface area (Å²) in [6, 6.07) is 8.33. The van der Waals surface area contributed by atoms with Crippen molar-refractivity contribution in [1.82, 2.24) is 5.43 Å². The third kappa shape index (κ3) is 3.96. The van der Waals surface area contributed by atoms with E-state index in [1.165, 1.54) is 30.3 Å². The Kier molecular flexibility index (Phi) is 4.99. The molecule has 0 fully saturated rings. The van der Waals surface area contributed by atoms with Gasteiger partial charge in [-0.2, -0.15) is 18.3 Å². The number of rotatable bonds is 3. The van der Waals surface area contributed by atoms with Crippen LogP contribution in [0.1, 0.15) is 15.9 Å². The van der Waals surface area contributed by atoms with Gasteiger partial charge in [0.2, 0.25) is 0 Å². The van der Waals surface area contributed by atoms with Crippen molar-refractivity contribution in [2.75, 3.05) is 0 Å². The molecule has 0 unspecified atom stereocenters. The standard InChI is InChI=1S/C15H10ClF3N2O3/c16-8-5-6-12(23)10(7-8)13(15(17,18)19)20-21-14(24)9-3-1-2-4-11(9)22/h1-7,22-23H,(H,21,24)/b20-13+. The highest BCUT2D eigenvalue weighted by atomic mass is 35.5. The molecule has 0 aliphatic heterocycles. The molecule has 9 heteroatoms. The van der Waals surface area contributed by atoms with Gasteiger partial charge < -0.3 is 10.2 Å². The number of alkyl halides is 3. The summed E-state index contributed by atoms with van der Waals surface area (Å²) in [4.78, 5) is 11.8. The molecule has 0 spiro atoms. The van der Waals surface area contributed by atoms with Crippen molar-refractivity contribution in [2.45, 2.75) is 6.18 Å². The van der Waals surface area contributed by atoms with Crippen molar-refractivity contribution in [3.05, 3.63) is 58.6 Å². The highest BCUT2D eigenvalue weighted by molar-refractivity contribution is 6.31. The maximum Gasteiger partial charge on any atom is 0.435 e. The van der Waals surface area contributed by atoms with Gasteiger partial charge in [0.15, 0.2) is 5.71 Å². The highest BCUT2D eigenvalue weighted by Crippen LogP contribution is 2.29. The van der Waals surface area contributed by atoms with Crippen LogP contribution in [0.2, 0.25) is 5.02 Å². The first-order valence-electron chi connectivity index (χ1n) is 6.42. The van der Waals surface area contributed by atoms with Crippen molar-refractivity contribution in [1.29, 1.82) is 0 Å². The molecule has 5 nitrogen and oxygen atoms in total. The third-order valence-corrected chi connectivity index (χ3v) is 3.14. The second-order valence-corrected chi connectivity index (χ2v) is 5.01. The molecule has 0 aliphatic rings. The lowest BCUT2D eigenvalue weighted by molar-refractivity contribution is -0.0584. The van der Waals surface area contributed by atoms with E-state index >= 15 is 0 Å². The number of hydrogen-bond donors (Lipinski definition) is 3. The lowest BCUT2D eigenvalue weighted by Gasteiger charge is -2.12. The van der Waals surface area contributed by atoms with Crippen molar-refractivity contribution >= 4 is 23.2 Å². The van der Waals surface area contributed by atoms with E-state index < -0.39 is 34.9 Å². The minimum absolute atomic E-state index is 0.0493. The predicted molar refractivity (Wildman–Crippen MR) is 81.3 cm³/mol. The minimum atomic E-state index is -4.96. The van der Waals surface area contributed by atoms with Gasteiger partial charge >= 0.3 is 6.18 Å². The number of carbonyl (C=O) groups is 1. The number of halogens is 4. The average molecular weight is 359 g/mol. The van der Waals surface area contributed by atoms with Crippen LogP contribution >= 0.6 is 11.6 Å². The Morgan fingerprint density at radius 1 is 1.04 bits per heavy atom. The molecule has 0 bridgehead atoms. The van der Waals surface area contributed by atoms with E-state index in [1.54, 1.807) is 5.43 Å². The van der Waals surface area contributed by atoms with E-state index in [0.29, 0.717) is 0 Å². The van der Waals surface area contributed by atoms with E-state index in [4.69, 9.17) is 11.6 Å². The number of hydrogen-bond acceptors (Lipinski definition) is 4. The second kappa shape index (κ2) is 6.79. The Balaban J connectivity index is 2.39. The molecule has 24 heavy (non-hydrogen) atoms. The van der Waals surface area contributed by atoms with Crippen LogP contribution in [-0.4, -0.2) is 28.0 Å². The Morgan fingerprint density at radius 3 is 2.29 bits per heavy atom. The van der Waals surface area contributed by atoms with E-state index in [1.807, 2.05) is 0 Å². The maximum atomic E-state index is 13.2. The first-order chi connectivity index (χ1) is 11.2. The van der Waals surface area contributed by atoms with Gasteiger partial charge in [-0.05, 0) is 30.3 Å². The zero-order valence-electron chi connectivity index (χ0n) is 11.8. The number of para-hydroxylation sites is 1. The first-order valence-corrected chi connectivity index (χ1v) is 6.80. The molecule has 0 saturated heterocycles. The van der Waals surface area contributed by atoms with Gasteiger partial charge in [-0.25, -0.2) is 5.43 Å². The van der Waals surface area contributed by atoms with E-state index in [0.717, 1.165) is 12.1 Å². The van der Waals surface area contributed by atoms with Crippen molar-refractivity contribution in [2.24, 2.45) is 5.10 Å². The Hall–Kier alpha value is -2.74. The number of nitrogens with zero attached hydrogens (tertiary/aromatic N) is 1. The molecule has 0 aromatic heterocycles. The summed E-state index contributed by atoms with van der Waals surface area (Å²) < 4.78 is 39.5. The van der Waals surface area contributed by atoms with Crippen molar-refractivity contribution in [3.8, 4) is 11.5 Å². The topological polar surface area (TPSA) is 81.9 Å². The molecule has 2 aromatic carbocycles. The van der Waals surface area contributed by atoms with Crippen LogP contribution in [0.3, 0.4) is 0 Å². The monoisotopic (exact) mass is 358 g/mol. The molecule has 0 aliphatic carbocycles. The summed E-state index contributed by atoms with van der Waals surface area (Å²) in [5.41, 5.74) is -0.769. The molecule has 0 heterocycles. The fourth-order valence-corrected chi connectivity index (χ4v) is 1.98. The van der Waals surface area contributed by atoms with Gasteiger partial charge in [0.25, 0.3) is 5.91 Å². The minimum Gasteiger partial charge on any atom is -0.507 e. The molecule has 0 radical (unpaired) electrons. The number of carbonyl (C=O) groups excluding carboxylic acids is 1. The molecule has 0 atom stereocenters. The second-order valence-electron chi connectivity index (χ2n) is 4.58. The van der Waals surface area contributed by atoms with E-state index in [9.17, 15) is 28.2 Å². The molecule has 126 valence electrons. The maximum absolute atomic E-state index is 13.2. The molecular formula is C15H10ClF3N2O3. The molecular weight excluding hydrogens is 349 g/mol. The van der Waals surface area contributed by atoms with Crippen LogP contribution in [-0.2, 0) is 0 Å². The van der Waals surface area contributed by atoms with Gasteiger partial charge in [-0.3, -0.25) is 4.79 Å². The van der Waals surface area contributed by atoms with Gasteiger partial charge in [0, 0.05) is 5.02 Å². The van der Waals surface area contributed by atoms with Crippen LogP contribution in [0, 0.1) is 0 Å². The highest BCUT2D eigenvalue weighted by Gasteiger charge is 2.39. The quantitative estimate of drug-likeness (QED) is 0.580. The van der Waals surface area contributed by atoms with Crippen LogP contribution in [0.5, 0.6) is 11.5 Å². The molecule has 2 aromatic rings. The molecule has 1 amide bonds. The number of benzene rings is 2. The molecule has 0 saturated carbocycles. The summed E-state index contributed by atoms with van der Waals surface area (Å²) in [5, 5.41) is 22.1. The molecule has 2 rings (SSSR count). The van der Waals surface area contributed by atoms with Gasteiger partial charge in [-0.1, -0.05) is 23.7 Å². The zero-order valence-corrected chi connectivity index (χ0v) is 12.6. The Labute approximate surface area is 139 Å².